The van der Waals surface area contributed by atoms with E-state index in [9.17, 15) is 9.59 Å². The molecular formula is C29H33N5O3. The van der Waals surface area contributed by atoms with Crippen LogP contribution in [0.5, 0.6) is 0 Å². The number of amides is 2. The topological polar surface area (TPSA) is 96.5 Å². The first-order valence-corrected chi connectivity index (χ1v) is 12.9. The quantitative estimate of drug-likeness (QED) is 0.559. The molecule has 2 atom stereocenters. The Hall–Kier alpha value is -3.78. The number of anilines is 1. The summed E-state index contributed by atoms with van der Waals surface area (Å²) >= 11 is 0. The number of benzene rings is 2. The van der Waals surface area contributed by atoms with Gasteiger partial charge in [-0.1, -0.05) is 44.2 Å². The van der Waals surface area contributed by atoms with Gasteiger partial charge in [0, 0.05) is 31.6 Å². The van der Waals surface area contributed by atoms with Gasteiger partial charge in [0.25, 0.3) is 5.91 Å². The van der Waals surface area contributed by atoms with Crippen LogP contribution in [0.25, 0.3) is 11.1 Å². The number of hydrogen-bond acceptors (Lipinski definition) is 6. The predicted octanol–water partition coefficient (Wildman–Crippen LogP) is 3.68. The Kier molecular flexibility index (Phi) is 7.46. The van der Waals surface area contributed by atoms with Gasteiger partial charge in [-0.05, 0) is 59.4 Å². The van der Waals surface area contributed by atoms with E-state index in [2.05, 4.69) is 45.6 Å². The lowest BCUT2D eigenvalue weighted by Gasteiger charge is -2.20. The number of fused-ring (bicyclic) bond motifs is 6. The van der Waals surface area contributed by atoms with Crippen LogP contribution in [0.3, 0.4) is 0 Å². The van der Waals surface area contributed by atoms with E-state index in [1.54, 1.807) is 6.07 Å². The van der Waals surface area contributed by atoms with Crippen molar-refractivity contribution in [2.75, 3.05) is 24.5 Å². The van der Waals surface area contributed by atoms with Crippen LogP contribution >= 0.6 is 0 Å². The maximum atomic E-state index is 12.8. The molecule has 0 spiro atoms. The highest BCUT2D eigenvalue weighted by molar-refractivity contribution is 5.95. The Labute approximate surface area is 217 Å². The van der Waals surface area contributed by atoms with Gasteiger partial charge in [0.1, 0.15) is 0 Å². The summed E-state index contributed by atoms with van der Waals surface area (Å²) in [5.74, 6) is 0.902. The van der Waals surface area contributed by atoms with Crippen LogP contribution in [-0.4, -0.2) is 53.8 Å². The van der Waals surface area contributed by atoms with Crippen molar-refractivity contribution < 1.29 is 14.3 Å². The minimum atomic E-state index is -0.196. The molecule has 2 aliphatic rings. The molecule has 0 radical (unpaired) electrons. The molecule has 1 aromatic heterocycles. The molecule has 0 aliphatic carbocycles. The largest absolute Gasteiger partial charge is 0.369 e. The van der Waals surface area contributed by atoms with Gasteiger partial charge < -0.3 is 20.3 Å². The number of rotatable bonds is 2. The molecule has 0 saturated carbocycles. The van der Waals surface area contributed by atoms with Crippen LogP contribution in [0.1, 0.15) is 54.2 Å². The van der Waals surface area contributed by atoms with Gasteiger partial charge in [-0.25, -0.2) is 0 Å². The summed E-state index contributed by atoms with van der Waals surface area (Å²) in [5.41, 5.74) is 4.59. The van der Waals surface area contributed by atoms with Gasteiger partial charge in [-0.2, -0.15) is 5.10 Å². The second-order valence-electron chi connectivity index (χ2n) is 10.0. The molecule has 3 aromatic rings. The molecular weight excluding hydrogens is 466 g/mol. The van der Waals surface area contributed by atoms with Gasteiger partial charge in [0.05, 0.1) is 24.4 Å². The standard InChI is InChI=1S/C29H33N5O3/c1-19(2)24-11-12-27(33-32-24)34-16-25-26(17-34)37-18-20-6-3-7-21(14-20)22-8-4-9-23(15-22)29(36)30-13-5-10-28(35)31-25/h3-4,6-9,11-12,14-15,19,25-26H,5,10,13,16-18H2,1-2H3,(H,30,36)(H,31,35)/t25-,26-/m0/s1. The minimum absolute atomic E-state index is 0.0516. The van der Waals surface area contributed by atoms with Crippen LogP contribution in [0.2, 0.25) is 0 Å². The first kappa shape index (κ1) is 24.9. The molecule has 37 heavy (non-hydrogen) atoms. The van der Waals surface area contributed by atoms with Crippen molar-refractivity contribution in [2.45, 2.75) is 51.4 Å². The third kappa shape index (κ3) is 5.97. The Morgan fingerprint density at radius 2 is 1.73 bits per heavy atom. The molecule has 4 bridgehead atoms. The summed E-state index contributed by atoms with van der Waals surface area (Å²) in [4.78, 5) is 27.6. The summed E-state index contributed by atoms with van der Waals surface area (Å²) in [6.07, 6.45) is 0.688. The fourth-order valence-corrected chi connectivity index (χ4v) is 4.80. The summed E-state index contributed by atoms with van der Waals surface area (Å²) < 4.78 is 6.39. The van der Waals surface area contributed by atoms with Crippen molar-refractivity contribution in [1.29, 1.82) is 0 Å². The molecule has 1 fully saturated rings. The molecule has 1 saturated heterocycles. The average Bonchev–Trinajstić information content (AvgIpc) is 3.32. The maximum Gasteiger partial charge on any atom is 0.251 e. The van der Waals surface area contributed by atoms with Crippen molar-refractivity contribution in [1.82, 2.24) is 20.8 Å². The van der Waals surface area contributed by atoms with Crippen molar-refractivity contribution in [3.8, 4) is 11.1 Å². The fraction of sp³-hybridized carbons (Fsp3) is 0.379. The van der Waals surface area contributed by atoms with E-state index in [0.29, 0.717) is 50.6 Å². The highest BCUT2D eigenvalue weighted by atomic mass is 16.5. The normalized spacial score (nSPS) is 20.7. The molecule has 8 heteroatoms. The second-order valence-corrected chi connectivity index (χ2v) is 10.0. The van der Waals surface area contributed by atoms with Crippen molar-refractivity contribution >= 4 is 17.6 Å². The molecule has 2 aliphatic heterocycles. The minimum Gasteiger partial charge on any atom is -0.369 e. The lowest BCUT2D eigenvalue weighted by Crippen LogP contribution is -2.44. The molecule has 192 valence electrons. The zero-order valence-corrected chi connectivity index (χ0v) is 21.3. The zero-order chi connectivity index (χ0) is 25.8. The number of hydrogen-bond donors (Lipinski definition) is 2. The average molecular weight is 500 g/mol. The molecule has 5 rings (SSSR count). The highest BCUT2D eigenvalue weighted by Crippen LogP contribution is 2.25. The first-order chi connectivity index (χ1) is 18.0. The predicted molar refractivity (Wildman–Crippen MR) is 142 cm³/mol. The van der Waals surface area contributed by atoms with Gasteiger partial charge >= 0.3 is 0 Å². The van der Waals surface area contributed by atoms with E-state index >= 15 is 0 Å². The number of carbonyl (C=O) groups is 2. The van der Waals surface area contributed by atoms with E-state index in [4.69, 9.17) is 4.74 Å². The number of aromatic nitrogens is 2. The smallest absolute Gasteiger partial charge is 0.251 e. The third-order valence-electron chi connectivity index (χ3n) is 6.91. The molecule has 2 aromatic carbocycles. The lowest BCUT2D eigenvalue weighted by molar-refractivity contribution is -0.122. The summed E-state index contributed by atoms with van der Waals surface area (Å²) in [6.45, 7) is 6.23. The molecule has 2 amide bonds. The van der Waals surface area contributed by atoms with E-state index in [-0.39, 0.29) is 24.0 Å². The van der Waals surface area contributed by atoms with Crippen molar-refractivity contribution in [2.24, 2.45) is 0 Å². The molecule has 3 heterocycles. The molecule has 8 nitrogen and oxygen atoms in total. The van der Waals surface area contributed by atoms with E-state index in [1.165, 1.54) is 0 Å². The van der Waals surface area contributed by atoms with Crippen molar-refractivity contribution in [3.05, 3.63) is 77.5 Å². The Morgan fingerprint density at radius 3 is 2.51 bits per heavy atom. The Balaban J connectivity index is 1.38. The Morgan fingerprint density at radius 1 is 0.946 bits per heavy atom. The lowest BCUT2D eigenvalue weighted by atomic mass is 10.0. The van der Waals surface area contributed by atoms with Crippen LogP contribution in [0, 0.1) is 0 Å². The van der Waals surface area contributed by atoms with Crippen molar-refractivity contribution in [3.63, 3.8) is 0 Å². The number of ether oxygens (including phenoxy) is 1. The van der Waals surface area contributed by atoms with E-state index < -0.39 is 0 Å². The molecule has 0 unspecified atom stereocenters. The van der Waals surface area contributed by atoms with Crippen LogP contribution in [-0.2, 0) is 16.1 Å². The Bertz CT molecular complexity index is 1260. The monoisotopic (exact) mass is 499 g/mol. The van der Waals surface area contributed by atoms with Gasteiger partial charge in [-0.15, -0.1) is 5.10 Å². The van der Waals surface area contributed by atoms with Gasteiger partial charge in [-0.3, -0.25) is 9.59 Å². The summed E-state index contributed by atoms with van der Waals surface area (Å²) in [5, 5.41) is 14.9. The first-order valence-electron chi connectivity index (χ1n) is 12.9. The van der Waals surface area contributed by atoms with Gasteiger partial charge in [0.15, 0.2) is 5.82 Å². The maximum absolute atomic E-state index is 12.8. The number of nitrogens with zero attached hydrogens (tertiary/aromatic N) is 3. The van der Waals surface area contributed by atoms with Gasteiger partial charge in [0.2, 0.25) is 5.91 Å². The second kappa shape index (κ2) is 11.1. The zero-order valence-electron chi connectivity index (χ0n) is 21.3. The van der Waals surface area contributed by atoms with Crippen LogP contribution in [0.15, 0.2) is 60.7 Å². The molecule has 2 N–H and O–H groups in total. The van der Waals surface area contributed by atoms with Crippen LogP contribution in [0.4, 0.5) is 5.82 Å². The van der Waals surface area contributed by atoms with E-state index in [0.717, 1.165) is 28.2 Å². The third-order valence-corrected chi connectivity index (χ3v) is 6.91. The summed E-state index contributed by atoms with van der Waals surface area (Å²) in [6, 6.07) is 19.6. The van der Waals surface area contributed by atoms with E-state index in [1.807, 2.05) is 48.5 Å². The number of carbonyl (C=O) groups excluding carboxylic acids is 2. The highest BCUT2D eigenvalue weighted by Gasteiger charge is 2.35. The fourth-order valence-electron chi connectivity index (χ4n) is 4.80. The SMILES string of the molecule is CC(C)c1ccc(N2C[C@@H]3NC(=O)CCCNC(=O)c4cccc(c4)-c4cccc(c4)CO[C@H]3C2)nn1. The van der Waals surface area contributed by atoms with Crippen LogP contribution < -0.4 is 15.5 Å². The summed E-state index contributed by atoms with van der Waals surface area (Å²) in [7, 11) is 0. The number of nitrogens with one attached hydrogen (secondary N) is 2.